The van der Waals surface area contributed by atoms with E-state index in [1.807, 2.05) is 6.08 Å². The van der Waals surface area contributed by atoms with E-state index in [2.05, 4.69) is 44.2 Å². The van der Waals surface area contributed by atoms with Crippen LogP contribution in [0.4, 0.5) is 0 Å². The third kappa shape index (κ3) is 1.76. The number of fused-ring (bicyclic) bond motifs is 1. The van der Waals surface area contributed by atoms with Crippen molar-refractivity contribution in [1.29, 1.82) is 0 Å². The van der Waals surface area contributed by atoms with E-state index in [9.17, 15) is 4.79 Å². The molecule has 0 saturated carbocycles. The number of hydrogen-bond acceptors (Lipinski definition) is 2. The molecule has 2 heteroatoms. The summed E-state index contributed by atoms with van der Waals surface area (Å²) in [4.78, 5) is 14.7. The maximum absolute atomic E-state index is 12.2. The van der Waals surface area contributed by atoms with E-state index in [-0.39, 0.29) is 5.92 Å². The Morgan fingerprint density at radius 1 is 1.28 bits per heavy atom. The topological polar surface area (TPSA) is 17.1 Å². The summed E-state index contributed by atoms with van der Waals surface area (Å²) in [6.07, 6.45) is 4.66. The summed E-state index contributed by atoms with van der Waals surface area (Å²) in [5, 5.41) is 0. The van der Waals surface area contributed by atoms with E-state index in [0.717, 1.165) is 10.5 Å². The first-order valence-electron chi connectivity index (χ1n) is 6.39. The number of rotatable bonds is 1. The van der Waals surface area contributed by atoms with Crippen LogP contribution >= 0.6 is 11.8 Å². The van der Waals surface area contributed by atoms with Crippen LogP contribution < -0.4 is 0 Å². The molecule has 2 aliphatic rings. The Kier molecular flexibility index (Phi) is 2.90. The van der Waals surface area contributed by atoms with E-state index < -0.39 is 0 Å². The maximum atomic E-state index is 12.2. The Labute approximate surface area is 112 Å². The summed E-state index contributed by atoms with van der Waals surface area (Å²) in [6, 6.07) is 8.47. The average Bonchev–Trinajstić information content (AvgIpc) is 2.36. The summed E-state index contributed by atoms with van der Waals surface area (Å²) >= 11 is 1.74. The van der Waals surface area contributed by atoms with Crippen molar-refractivity contribution in [2.24, 2.45) is 5.92 Å². The van der Waals surface area contributed by atoms with Crippen LogP contribution in [0.25, 0.3) is 0 Å². The van der Waals surface area contributed by atoms with E-state index in [4.69, 9.17) is 0 Å². The molecule has 1 aromatic rings. The Bertz CT molecular complexity index is 566. The quantitative estimate of drug-likeness (QED) is 0.744. The molecule has 3 rings (SSSR count). The molecule has 0 fully saturated rings. The lowest BCUT2D eigenvalue weighted by Crippen LogP contribution is -2.22. The van der Waals surface area contributed by atoms with E-state index in [1.165, 1.54) is 10.5 Å². The van der Waals surface area contributed by atoms with Gasteiger partial charge in [-0.25, -0.2) is 0 Å². The first-order valence-corrected chi connectivity index (χ1v) is 7.21. The average molecular weight is 256 g/mol. The molecule has 1 aromatic carbocycles. The van der Waals surface area contributed by atoms with Crippen molar-refractivity contribution < 1.29 is 4.79 Å². The van der Waals surface area contributed by atoms with Crippen LogP contribution in [0, 0.1) is 5.92 Å². The van der Waals surface area contributed by atoms with Crippen molar-refractivity contribution in [2.45, 2.75) is 31.1 Å². The summed E-state index contributed by atoms with van der Waals surface area (Å²) in [6.45, 7) is 4.40. The maximum Gasteiger partial charge on any atom is 0.164 e. The Morgan fingerprint density at radius 2 is 2.06 bits per heavy atom. The molecule has 1 nitrogen and oxygen atoms in total. The van der Waals surface area contributed by atoms with Crippen LogP contribution in [0.1, 0.15) is 31.7 Å². The molecule has 1 unspecified atom stereocenters. The van der Waals surface area contributed by atoms with Gasteiger partial charge in [0, 0.05) is 27.7 Å². The predicted octanol–water partition coefficient (Wildman–Crippen LogP) is 4.32. The second-order valence-corrected chi connectivity index (χ2v) is 6.25. The lowest BCUT2D eigenvalue weighted by Gasteiger charge is -2.32. The Hall–Kier alpha value is -1.28. The molecule has 0 spiro atoms. The number of hydrogen-bond donors (Lipinski definition) is 0. The second kappa shape index (κ2) is 4.43. The highest BCUT2D eigenvalue weighted by Gasteiger charge is 2.34. The molecule has 0 saturated heterocycles. The molecule has 1 aliphatic carbocycles. The summed E-state index contributed by atoms with van der Waals surface area (Å²) < 4.78 is 0. The smallest absolute Gasteiger partial charge is 0.164 e. The van der Waals surface area contributed by atoms with Crippen molar-refractivity contribution in [2.75, 3.05) is 0 Å². The van der Waals surface area contributed by atoms with Gasteiger partial charge in [-0.2, -0.15) is 0 Å². The molecule has 0 aromatic heterocycles. The van der Waals surface area contributed by atoms with Crippen LogP contribution in [0.3, 0.4) is 0 Å². The van der Waals surface area contributed by atoms with Gasteiger partial charge in [-0.15, -0.1) is 0 Å². The highest BCUT2D eigenvalue weighted by Crippen LogP contribution is 2.49. The first-order chi connectivity index (χ1) is 8.68. The molecule has 1 atom stereocenters. The zero-order valence-corrected chi connectivity index (χ0v) is 11.5. The summed E-state index contributed by atoms with van der Waals surface area (Å²) in [5.74, 6) is 1.01. The molecular weight excluding hydrogens is 240 g/mol. The van der Waals surface area contributed by atoms with Crippen LogP contribution in [-0.4, -0.2) is 5.78 Å². The predicted molar refractivity (Wildman–Crippen MR) is 75.7 cm³/mol. The normalized spacial score (nSPS) is 22.2. The molecule has 0 bridgehead atoms. The minimum absolute atomic E-state index is 0.259. The van der Waals surface area contributed by atoms with Crippen molar-refractivity contribution in [3.63, 3.8) is 0 Å². The third-order valence-electron chi connectivity index (χ3n) is 3.59. The number of carbonyl (C=O) groups excluding carboxylic acids is 1. The van der Waals surface area contributed by atoms with Gasteiger partial charge in [-0.1, -0.05) is 56.0 Å². The third-order valence-corrected chi connectivity index (χ3v) is 4.76. The van der Waals surface area contributed by atoms with Crippen LogP contribution in [0.2, 0.25) is 0 Å². The molecule has 1 heterocycles. The monoisotopic (exact) mass is 256 g/mol. The van der Waals surface area contributed by atoms with Gasteiger partial charge >= 0.3 is 0 Å². The van der Waals surface area contributed by atoms with Crippen LogP contribution in [-0.2, 0) is 4.79 Å². The number of carbonyl (C=O) groups is 1. The van der Waals surface area contributed by atoms with Crippen molar-refractivity contribution >= 4 is 17.5 Å². The van der Waals surface area contributed by atoms with E-state index in [0.29, 0.717) is 18.1 Å². The number of allylic oxidation sites excluding steroid dienone is 3. The van der Waals surface area contributed by atoms with Gasteiger partial charge in [0.1, 0.15) is 0 Å². The molecule has 92 valence electrons. The fourth-order valence-corrected chi connectivity index (χ4v) is 4.03. The lowest BCUT2D eigenvalue weighted by atomic mass is 9.78. The fraction of sp³-hybridized carbons (Fsp3) is 0.312. The summed E-state index contributed by atoms with van der Waals surface area (Å²) in [5.41, 5.74) is 2.36. The zero-order valence-electron chi connectivity index (χ0n) is 10.6. The van der Waals surface area contributed by atoms with Gasteiger partial charge in [0.2, 0.25) is 0 Å². The van der Waals surface area contributed by atoms with Crippen LogP contribution in [0.5, 0.6) is 0 Å². The SMILES string of the molecule is CC(C)C1C2=C(C=CCC2=O)Sc2ccccc21. The lowest BCUT2D eigenvalue weighted by molar-refractivity contribution is -0.115. The van der Waals surface area contributed by atoms with Gasteiger partial charge in [-0.05, 0) is 17.5 Å². The minimum Gasteiger partial charge on any atom is -0.294 e. The van der Waals surface area contributed by atoms with E-state index in [1.54, 1.807) is 11.8 Å². The molecule has 18 heavy (non-hydrogen) atoms. The van der Waals surface area contributed by atoms with Crippen molar-refractivity contribution in [3.8, 4) is 0 Å². The largest absolute Gasteiger partial charge is 0.294 e. The van der Waals surface area contributed by atoms with Crippen LogP contribution in [0.15, 0.2) is 51.8 Å². The highest BCUT2D eigenvalue weighted by molar-refractivity contribution is 8.03. The molecular formula is C16H16OS. The highest BCUT2D eigenvalue weighted by atomic mass is 32.2. The minimum atomic E-state index is 0.259. The standard InChI is InChI=1S/C16H16OS/c1-10(2)15-11-6-3-4-8-13(11)18-14-9-5-7-12(17)16(14)15/h3-6,8-10,15H,7H2,1-2H3. The number of ketones is 1. The van der Waals surface area contributed by atoms with Gasteiger partial charge in [0.15, 0.2) is 5.78 Å². The van der Waals surface area contributed by atoms with Gasteiger partial charge in [-0.3, -0.25) is 4.79 Å². The molecule has 0 radical (unpaired) electrons. The van der Waals surface area contributed by atoms with E-state index >= 15 is 0 Å². The van der Waals surface area contributed by atoms with Gasteiger partial charge < -0.3 is 0 Å². The second-order valence-electron chi connectivity index (χ2n) is 5.17. The molecule has 0 N–H and O–H groups in total. The first kappa shape index (κ1) is 11.8. The molecule has 1 aliphatic heterocycles. The number of benzene rings is 1. The van der Waals surface area contributed by atoms with Crippen molar-refractivity contribution in [3.05, 3.63) is 52.5 Å². The van der Waals surface area contributed by atoms with Gasteiger partial charge in [0.05, 0.1) is 0 Å². The summed E-state index contributed by atoms with van der Waals surface area (Å²) in [7, 11) is 0. The van der Waals surface area contributed by atoms with Crippen molar-refractivity contribution in [1.82, 2.24) is 0 Å². The van der Waals surface area contributed by atoms with Gasteiger partial charge in [0.25, 0.3) is 0 Å². The number of thioether (sulfide) groups is 1. The zero-order chi connectivity index (χ0) is 12.7. The Morgan fingerprint density at radius 3 is 2.83 bits per heavy atom. The number of Topliss-reactive ketones (excluding diaryl/α,β-unsaturated/α-hetero) is 1. The fourth-order valence-electron chi connectivity index (χ4n) is 2.82. The Balaban J connectivity index is 2.19. The molecule has 0 amide bonds.